The number of hydrogen-bond donors (Lipinski definition) is 2. The van der Waals surface area contributed by atoms with Crippen LogP contribution in [0.25, 0.3) is 0 Å². The molecule has 0 fully saturated rings. The van der Waals surface area contributed by atoms with Crippen molar-refractivity contribution in [3.8, 4) is 5.75 Å². The van der Waals surface area contributed by atoms with E-state index in [4.69, 9.17) is 10.5 Å². The Morgan fingerprint density at radius 2 is 1.83 bits per heavy atom. The smallest absolute Gasteiger partial charge is 0.248 e. The number of carbonyl (C=O) groups is 2. The highest BCUT2D eigenvalue weighted by Gasteiger charge is 2.16. The van der Waals surface area contributed by atoms with Crippen molar-refractivity contribution >= 4 is 17.4 Å². The Morgan fingerprint density at radius 3 is 2.33 bits per heavy atom. The van der Waals surface area contributed by atoms with Crippen LogP contribution in [0, 0.1) is 11.8 Å². The minimum atomic E-state index is -0.471. The Kier molecular flexibility index (Phi) is 8.19. The summed E-state index contributed by atoms with van der Waals surface area (Å²) in [5.74, 6) is 0.980. The first-order chi connectivity index (χ1) is 11.3. The fourth-order valence-corrected chi connectivity index (χ4v) is 2.36. The number of nitrogens with two attached hydrogens (primary N) is 1. The third kappa shape index (κ3) is 7.42. The number of allylic oxidation sites excluding steroid dienone is 1. The van der Waals surface area contributed by atoms with Crippen molar-refractivity contribution in [1.82, 2.24) is 0 Å². The van der Waals surface area contributed by atoms with Crippen LogP contribution >= 0.6 is 0 Å². The van der Waals surface area contributed by atoms with Gasteiger partial charge in [-0.1, -0.05) is 19.9 Å². The molecular formula is C19H28N2O3. The zero-order chi connectivity index (χ0) is 18.1. The van der Waals surface area contributed by atoms with E-state index in [2.05, 4.69) is 19.2 Å². The predicted molar refractivity (Wildman–Crippen MR) is 97.0 cm³/mol. The lowest BCUT2D eigenvalue weighted by Gasteiger charge is -2.15. The summed E-state index contributed by atoms with van der Waals surface area (Å²) in [6.45, 7) is 5.87. The number of ketones is 1. The quantitative estimate of drug-likeness (QED) is 0.681. The highest BCUT2D eigenvalue weighted by Crippen LogP contribution is 2.19. The molecule has 0 bridgehead atoms. The van der Waals surface area contributed by atoms with Crippen LogP contribution in [-0.4, -0.2) is 24.8 Å². The SMILES string of the molecule is COc1ccc(NC(=O)/C=C/[C@@H](CC(=O)[C@H](C)N)CC(C)C)cc1. The van der Waals surface area contributed by atoms with E-state index in [1.54, 1.807) is 44.4 Å². The van der Waals surface area contributed by atoms with Gasteiger partial charge in [0.15, 0.2) is 0 Å². The van der Waals surface area contributed by atoms with Crippen LogP contribution in [0.5, 0.6) is 5.75 Å². The maximum atomic E-state index is 12.0. The summed E-state index contributed by atoms with van der Waals surface area (Å²) in [5, 5.41) is 2.79. The van der Waals surface area contributed by atoms with Crippen LogP contribution in [0.2, 0.25) is 0 Å². The van der Waals surface area contributed by atoms with Crippen molar-refractivity contribution in [3.63, 3.8) is 0 Å². The average Bonchev–Trinajstić information content (AvgIpc) is 2.52. The molecule has 0 aliphatic heterocycles. The molecule has 0 aromatic heterocycles. The van der Waals surface area contributed by atoms with Crippen molar-refractivity contribution in [2.75, 3.05) is 12.4 Å². The molecule has 132 valence electrons. The zero-order valence-corrected chi connectivity index (χ0v) is 14.9. The van der Waals surface area contributed by atoms with E-state index in [-0.39, 0.29) is 17.6 Å². The normalized spacial score (nSPS) is 13.8. The number of amides is 1. The standard InChI is InChI=1S/C19H28N2O3/c1-13(2)11-15(12-18(22)14(3)20)5-10-19(23)21-16-6-8-17(24-4)9-7-16/h5-10,13-15H,11-12,20H2,1-4H3,(H,21,23)/b10-5+/t14-,15+/m0/s1. The van der Waals surface area contributed by atoms with Gasteiger partial charge in [0.2, 0.25) is 5.91 Å². The van der Waals surface area contributed by atoms with Crippen molar-refractivity contribution in [3.05, 3.63) is 36.4 Å². The van der Waals surface area contributed by atoms with Gasteiger partial charge < -0.3 is 15.8 Å². The maximum Gasteiger partial charge on any atom is 0.248 e. The Labute approximate surface area is 144 Å². The largest absolute Gasteiger partial charge is 0.497 e. The second-order valence-electron chi connectivity index (χ2n) is 6.43. The predicted octanol–water partition coefficient (Wildman–Crippen LogP) is 3.16. The Bertz CT molecular complexity index is 562. The molecule has 0 heterocycles. The van der Waals surface area contributed by atoms with Gasteiger partial charge in [-0.05, 0) is 55.5 Å². The lowest BCUT2D eigenvalue weighted by Crippen LogP contribution is -2.28. The molecule has 24 heavy (non-hydrogen) atoms. The molecule has 0 radical (unpaired) electrons. The van der Waals surface area contributed by atoms with Gasteiger partial charge in [0, 0.05) is 12.1 Å². The van der Waals surface area contributed by atoms with Gasteiger partial charge in [0.05, 0.1) is 13.2 Å². The summed E-state index contributed by atoms with van der Waals surface area (Å²) in [7, 11) is 1.59. The van der Waals surface area contributed by atoms with Crippen molar-refractivity contribution in [1.29, 1.82) is 0 Å². The van der Waals surface area contributed by atoms with Crippen molar-refractivity contribution in [2.45, 2.75) is 39.7 Å². The van der Waals surface area contributed by atoms with E-state index in [9.17, 15) is 9.59 Å². The Hall–Kier alpha value is -2.14. The maximum absolute atomic E-state index is 12.0. The van der Waals surface area contributed by atoms with Gasteiger partial charge in [0.25, 0.3) is 0 Å². The van der Waals surface area contributed by atoms with E-state index >= 15 is 0 Å². The molecule has 0 unspecified atom stereocenters. The molecule has 5 heteroatoms. The summed E-state index contributed by atoms with van der Waals surface area (Å²) < 4.78 is 5.08. The first kappa shape index (κ1) is 19.9. The number of rotatable bonds is 9. The van der Waals surface area contributed by atoms with Crippen LogP contribution in [0.4, 0.5) is 5.69 Å². The fourth-order valence-electron chi connectivity index (χ4n) is 2.36. The number of methoxy groups -OCH3 is 1. The molecule has 1 aromatic rings. The summed E-state index contributed by atoms with van der Waals surface area (Å²) in [6, 6.07) is 6.64. The lowest BCUT2D eigenvalue weighted by molar-refractivity contribution is -0.120. The first-order valence-electron chi connectivity index (χ1n) is 8.23. The molecule has 1 rings (SSSR count). The van der Waals surface area contributed by atoms with Gasteiger partial charge in [-0.2, -0.15) is 0 Å². The van der Waals surface area contributed by atoms with Crippen molar-refractivity contribution < 1.29 is 14.3 Å². The lowest BCUT2D eigenvalue weighted by atomic mass is 9.90. The number of Topliss-reactive ketones (excluding diaryl/α,β-unsaturated/α-hetero) is 1. The minimum absolute atomic E-state index is 0.0147. The van der Waals surface area contributed by atoms with Gasteiger partial charge in [0.1, 0.15) is 11.5 Å². The third-order valence-electron chi connectivity index (χ3n) is 3.62. The molecule has 0 saturated heterocycles. The molecule has 1 aromatic carbocycles. The van der Waals surface area contributed by atoms with E-state index in [0.717, 1.165) is 12.2 Å². The Morgan fingerprint density at radius 1 is 1.21 bits per heavy atom. The number of nitrogens with one attached hydrogen (secondary N) is 1. The number of hydrogen-bond acceptors (Lipinski definition) is 4. The minimum Gasteiger partial charge on any atom is -0.497 e. The summed E-state index contributed by atoms with van der Waals surface area (Å²) in [5.41, 5.74) is 6.33. The number of ether oxygens (including phenoxy) is 1. The van der Waals surface area contributed by atoms with Gasteiger partial charge in [-0.3, -0.25) is 9.59 Å². The summed E-state index contributed by atoms with van der Waals surface area (Å²) in [4.78, 5) is 23.9. The third-order valence-corrected chi connectivity index (χ3v) is 3.62. The van der Waals surface area contributed by atoms with Crippen LogP contribution in [0.15, 0.2) is 36.4 Å². The van der Waals surface area contributed by atoms with Gasteiger partial charge in [-0.15, -0.1) is 0 Å². The van der Waals surface area contributed by atoms with Gasteiger partial charge in [-0.25, -0.2) is 0 Å². The second-order valence-corrected chi connectivity index (χ2v) is 6.43. The summed E-state index contributed by atoms with van der Waals surface area (Å²) in [6.07, 6.45) is 4.50. The van der Waals surface area contributed by atoms with E-state index in [0.29, 0.717) is 18.0 Å². The molecule has 0 saturated carbocycles. The monoisotopic (exact) mass is 332 g/mol. The van der Waals surface area contributed by atoms with Crippen LogP contribution in [0.3, 0.4) is 0 Å². The average molecular weight is 332 g/mol. The molecule has 1 amide bonds. The van der Waals surface area contributed by atoms with Crippen LogP contribution in [-0.2, 0) is 9.59 Å². The number of carbonyl (C=O) groups excluding carboxylic acids is 2. The zero-order valence-electron chi connectivity index (χ0n) is 14.9. The molecule has 0 aliphatic rings. The molecule has 0 aliphatic carbocycles. The number of anilines is 1. The van der Waals surface area contributed by atoms with E-state index in [1.165, 1.54) is 6.08 Å². The molecule has 3 N–H and O–H groups in total. The number of benzene rings is 1. The second kappa shape index (κ2) is 9.88. The highest BCUT2D eigenvalue weighted by molar-refractivity contribution is 5.99. The first-order valence-corrected chi connectivity index (χ1v) is 8.23. The van der Waals surface area contributed by atoms with Crippen LogP contribution in [0.1, 0.15) is 33.6 Å². The van der Waals surface area contributed by atoms with E-state index < -0.39 is 6.04 Å². The van der Waals surface area contributed by atoms with Gasteiger partial charge >= 0.3 is 0 Å². The molecular weight excluding hydrogens is 304 g/mol. The highest BCUT2D eigenvalue weighted by atomic mass is 16.5. The molecule has 0 spiro atoms. The fraction of sp³-hybridized carbons (Fsp3) is 0.474. The Balaban J connectivity index is 2.65. The topological polar surface area (TPSA) is 81.4 Å². The van der Waals surface area contributed by atoms with E-state index in [1.807, 2.05) is 0 Å². The van der Waals surface area contributed by atoms with Crippen LogP contribution < -0.4 is 15.8 Å². The molecule has 5 nitrogen and oxygen atoms in total. The summed E-state index contributed by atoms with van der Waals surface area (Å²) >= 11 is 0. The van der Waals surface area contributed by atoms with Crippen molar-refractivity contribution in [2.24, 2.45) is 17.6 Å². The molecule has 2 atom stereocenters.